The maximum Gasteiger partial charge on any atom is 0.410 e. The number of hydrogen-bond donors (Lipinski definition) is 1. The van der Waals surface area contributed by atoms with E-state index in [0.717, 1.165) is 16.0 Å². The largest absolute Gasteiger partial charge is 0.465 e. The van der Waals surface area contributed by atoms with Crippen molar-refractivity contribution in [2.75, 3.05) is 25.6 Å². The van der Waals surface area contributed by atoms with Gasteiger partial charge in [0.1, 0.15) is 5.00 Å². The molecule has 31 heavy (non-hydrogen) atoms. The first-order chi connectivity index (χ1) is 14.8. The number of carbonyl (C=O) groups is 3. The van der Waals surface area contributed by atoms with Crippen molar-refractivity contribution >= 4 is 34.3 Å². The SMILES string of the molecule is CCOC(=O)N1CCc2c(sc(NC(=O)Cc3ccc(C(C)C)cc3)c2C(=O)OC)C1. The highest BCUT2D eigenvalue weighted by atomic mass is 32.1. The smallest absolute Gasteiger partial charge is 0.410 e. The Morgan fingerprint density at radius 2 is 1.90 bits per heavy atom. The number of thiophene rings is 1. The molecule has 7 nitrogen and oxygen atoms in total. The summed E-state index contributed by atoms with van der Waals surface area (Å²) in [7, 11) is 1.32. The molecule has 2 aromatic rings. The Morgan fingerprint density at radius 3 is 2.52 bits per heavy atom. The number of esters is 1. The third-order valence-corrected chi connectivity index (χ3v) is 6.37. The Hall–Kier alpha value is -2.87. The third-order valence-electron chi connectivity index (χ3n) is 5.24. The van der Waals surface area contributed by atoms with Crippen LogP contribution in [0.1, 0.15) is 58.6 Å². The zero-order chi connectivity index (χ0) is 22.5. The van der Waals surface area contributed by atoms with Crippen LogP contribution in [-0.4, -0.2) is 43.1 Å². The number of benzene rings is 1. The van der Waals surface area contributed by atoms with E-state index in [1.165, 1.54) is 24.0 Å². The number of amides is 2. The summed E-state index contributed by atoms with van der Waals surface area (Å²) in [6.45, 7) is 7.10. The number of fused-ring (bicyclic) bond motifs is 1. The number of methoxy groups -OCH3 is 1. The Bertz CT molecular complexity index is 965. The molecular formula is C23H28N2O5S. The summed E-state index contributed by atoms with van der Waals surface area (Å²) >= 11 is 1.31. The molecule has 0 spiro atoms. The standard InChI is InChI=1S/C23H28N2O5S/c1-5-30-23(28)25-11-10-17-18(13-25)31-21(20(17)22(27)29-4)24-19(26)12-15-6-8-16(9-7-15)14(2)3/h6-9,14H,5,10-13H2,1-4H3,(H,24,26). The van der Waals surface area contributed by atoms with Crippen molar-refractivity contribution in [2.45, 2.75) is 46.1 Å². The van der Waals surface area contributed by atoms with Gasteiger partial charge in [0.05, 0.1) is 32.2 Å². The van der Waals surface area contributed by atoms with E-state index < -0.39 is 5.97 Å². The van der Waals surface area contributed by atoms with Crippen molar-refractivity contribution in [3.05, 3.63) is 51.4 Å². The molecule has 0 saturated carbocycles. The first kappa shape index (κ1) is 22.8. The van der Waals surface area contributed by atoms with Crippen LogP contribution in [0, 0.1) is 0 Å². The second-order valence-corrected chi connectivity index (χ2v) is 8.80. The van der Waals surface area contributed by atoms with Crippen molar-refractivity contribution < 1.29 is 23.9 Å². The molecule has 1 aromatic heterocycles. The number of anilines is 1. The Labute approximate surface area is 186 Å². The van der Waals surface area contributed by atoms with Crippen LogP contribution in [0.4, 0.5) is 9.80 Å². The van der Waals surface area contributed by atoms with Gasteiger partial charge in [-0.25, -0.2) is 9.59 Å². The van der Waals surface area contributed by atoms with E-state index in [9.17, 15) is 14.4 Å². The summed E-state index contributed by atoms with van der Waals surface area (Å²) in [6.07, 6.45) is 0.328. The zero-order valence-electron chi connectivity index (χ0n) is 18.3. The van der Waals surface area contributed by atoms with Gasteiger partial charge in [-0.3, -0.25) is 4.79 Å². The van der Waals surface area contributed by atoms with E-state index in [1.807, 2.05) is 24.3 Å². The van der Waals surface area contributed by atoms with Gasteiger partial charge >= 0.3 is 12.1 Å². The number of hydrogen-bond acceptors (Lipinski definition) is 6. The monoisotopic (exact) mass is 444 g/mol. The number of nitrogens with zero attached hydrogens (tertiary/aromatic N) is 1. The lowest BCUT2D eigenvalue weighted by atomic mass is 10.0. The fourth-order valence-corrected chi connectivity index (χ4v) is 4.82. The quantitative estimate of drug-likeness (QED) is 0.670. The van der Waals surface area contributed by atoms with E-state index >= 15 is 0 Å². The Kier molecular flexibility index (Phi) is 7.33. The highest BCUT2D eigenvalue weighted by molar-refractivity contribution is 7.17. The minimum Gasteiger partial charge on any atom is -0.465 e. The molecule has 1 aromatic carbocycles. The summed E-state index contributed by atoms with van der Waals surface area (Å²) in [4.78, 5) is 39.7. The van der Waals surface area contributed by atoms with Crippen LogP contribution < -0.4 is 5.32 Å². The van der Waals surface area contributed by atoms with E-state index in [1.54, 1.807) is 11.8 Å². The molecule has 1 aliphatic rings. The highest BCUT2D eigenvalue weighted by Gasteiger charge is 2.31. The van der Waals surface area contributed by atoms with Crippen LogP contribution in [0.3, 0.4) is 0 Å². The van der Waals surface area contributed by atoms with Gasteiger partial charge in [-0.15, -0.1) is 11.3 Å². The van der Waals surface area contributed by atoms with Gasteiger partial charge in [0.2, 0.25) is 5.91 Å². The molecular weight excluding hydrogens is 416 g/mol. The molecule has 1 aliphatic heterocycles. The predicted octanol–water partition coefficient (Wildman–Crippen LogP) is 4.35. The molecule has 8 heteroatoms. The molecule has 1 N–H and O–H groups in total. The zero-order valence-corrected chi connectivity index (χ0v) is 19.1. The molecule has 0 fully saturated rings. The average Bonchev–Trinajstić information content (AvgIpc) is 3.10. The number of ether oxygens (including phenoxy) is 2. The number of carbonyl (C=O) groups excluding carboxylic acids is 3. The summed E-state index contributed by atoms with van der Waals surface area (Å²) in [5, 5.41) is 3.35. The summed E-state index contributed by atoms with van der Waals surface area (Å²) < 4.78 is 10.0. The number of nitrogens with one attached hydrogen (secondary N) is 1. The molecule has 0 atom stereocenters. The first-order valence-corrected chi connectivity index (χ1v) is 11.2. The van der Waals surface area contributed by atoms with E-state index in [0.29, 0.717) is 42.6 Å². The third kappa shape index (κ3) is 5.25. The van der Waals surface area contributed by atoms with Gasteiger partial charge in [-0.1, -0.05) is 38.1 Å². The van der Waals surface area contributed by atoms with E-state index in [4.69, 9.17) is 9.47 Å². The van der Waals surface area contributed by atoms with E-state index in [-0.39, 0.29) is 18.4 Å². The molecule has 2 heterocycles. The van der Waals surface area contributed by atoms with Crippen molar-refractivity contribution in [3.63, 3.8) is 0 Å². The van der Waals surface area contributed by atoms with Crippen LogP contribution in [0.25, 0.3) is 0 Å². The maximum atomic E-state index is 12.7. The second kappa shape index (κ2) is 9.96. The van der Waals surface area contributed by atoms with Gasteiger partial charge in [0.15, 0.2) is 0 Å². The van der Waals surface area contributed by atoms with Gasteiger partial charge < -0.3 is 19.7 Å². The number of rotatable bonds is 6. The second-order valence-electron chi connectivity index (χ2n) is 7.69. The van der Waals surface area contributed by atoms with Crippen LogP contribution in [0.5, 0.6) is 0 Å². The minimum absolute atomic E-state index is 0.205. The first-order valence-electron chi connectivity index (χ1n) is 10.4. The lowest BCUT2D eigenvalue weighted by Crippen LogP contribution is -2.36. The topological polar surface area (TPSA) is 84.9 Å². The summed E-state index contributed by atoms with van der Waals surface area (Å²) in [5.41, 5.74) is 3.33. The Morgan fingerprint density at radius 1 is 1.19 bits per heavy atom. The molecule has 3 rings (SSSR count). The molecule has 0 aliphatic carbocycles. The summed E-state index contributed by atoms with van der Waals surface area (Å²) in [5.74, 6) is -0.265. The van der Waals surface area contributed by atoms with Crippen LogP contribution in [0.2, 0.25) is 0 Å². The molecule has 0 unspecified atom stereocenters. The van der Waals surface area contributed by atoms with Crippen molar-refractivity contribution in [3.8, 4) is 0 Å². The Balaban J connectivity index is 1.78. The average molecular weight is 445 g/mol. The normalized spacial score (nSPS) is 13.0. The molecule has 166 valence electrons. The lowest BCUT2D eigenvalue weighted by Gasteiger charge is -2.26. The molecule has 0 radical (unpaired) electrons. The van der Waals surface area contributed by atoms with Gasteiger partial charge in [-0.2, -0.15) is 0 Å². The van der Waals surface area contributed by atoms with E-state index in [2.05, 4.69) is 19.2 Å². The summed E-state index contributed by atoms with van der Waals surface area (Å²) in [6, 6.07) is 7.96. The van der Waals surface area contributed by atoms with Gasteiger partial charge in [0.25, 0.3) is 0 Å². The van der Waals surface area contributed by atoms with Crippen molar-refractivity contribution in [2.24, 2.45) is 0 Å². The van der Waals surface area contributed by atoms with Crippen molar-refractivity contribution in [1.29, 1.82) is 0 Å². The van der Waals surface area contributed by atoms with Gasteiger partial charge in [0, 0.05) is 11.4 Å². The van der Waals surface area contributed by atoms with Gasteiger partial charge in [-0.05, 0) is 36.0 Å². The molecule has 0 bridgehead atoms. The maximum absolute atomic E-state index is 12.7. The van der Waals surface area contributed by atoms with Crippen LogP contribution >= 0.6 is 11.3 Å². The minimum atomic E-state index is -0.487. The highest BCUT2D eigenvalue weighted by Crippen LogP contribution is 2.38. The lowest BCUT2D eigenvalue weighted by molar-refractivity contribution is -0.115. The fraction of sp³-hybridized carbons (Fsp3) is 0.435. The predicted molar refractivity (Wildman–Crippen MR) is 120 cm³/mol. The van der Waals surface area contributed by atoms with Crippen molar-refractivity contribution in [1.82, 2.24) is 4.90 Å². The fourth-order valence-electron chi connectivity index (χ4n) is 3.56. The van der Waals surface area contributed by atoms with Crippen LogP contribution in [-0.2, 0) is 33.7 Å². The molecule has 2 amide bonds. The van der Waals surface area contributed by atoms with Crippen LogP contribution in [0.15, 0.2) is 24.3 Å². The molecule has 0 saturated heterocycles.